The van der Waals surface area contributed by atoms with Crippen LogP contribution in [0.5, 0.6) is 0 Å². The maximum atomic E-state index is 2.77. The van der Waals surface area contributed by atoms with Gasteiger partial charge in [-0.2, -0.15) is 0 Å². The molecule has 0 radical (unpaired) electrons. The molecule has 0 aromatic carbocycles. The predicted molar refractivity (Wildman–Crippen MR) is 137 cm³/mol. The summed E-state index contributed by atoms with van der Waals surface area (Å²) in [6, 6.07) is 0.711. The van der Waals surface area contributed by atoms with Crippen LogP contribution in [-0.2, 0) is 0 Å². The molecule has 0 spiro atoms. The second kappa shape index (κ2) is 14.9. The molecule has 0 bridgehead atoms. The Balaban J connectivity index is 0.00000106. The summed E-state index contributed by atoms with van der Waals surface area (Å²) >= 11 is 0. The molecule has 2 heterocycles. The van der Waals surface area contributed by atoms with Gasteiger partial charge in [-0.3, -0.25) is 0 Å². The summed E-state index contributed by atoms with van der Waals surface area (Å²) in [4.78, 5) is 2.77. The highest BCUT2D eigenvalue weighted by Gasteiger charge is 2.29. The lowest BCUT2D eigenvalue weighted by Gasteiger charge is -2.43. The fraction of sp³-hybridized carbons (Fsp3) is 0.793. The zero-order chi connectivity index (χ0) is 22.4. The van der Waals surface area contributed by atoms with Crippen LogP contribution in [0, 0.1) is 5.41 Å². The van der Waals surface area contributed by atoms with E-state index in [1.165, 1.54) is 90.0 Å². The minimum atomic E-state index is 0.486. The van der Waals surface area contributed by atoms with Gasteiger partial charge in [-0.25, -0.2) is 0 Å². The molecular weight excluding hydrogens is 362 g/mol. The monoisotopic (exact) mass is 415 g/mol. The minimum Gasteiger partial charge on any atom is -0.368 e. The van der Waals surface area contributed by atoms with E-state index in [2.05, 4.69) is 43.9 Å². The van der Waals surface area contributed by atoms with Gasteiger partial charge in [-0.1, -0.05) is 84.6 Å². The fourth-order valence-electron chi connectivity index (χ4n) is 5.01. The quantitative estimate of drug-likeness (QED) is 0.319. The summed E-state index contributed by atoms with van der Waals surface area (Å²) < 4.78 is 0. The number of fused-ring (bicyclic) bond motifs is 1. The minimum absolute atomic E-state index is 0.486. The molecule has 0 amide bonds. The van der Waals surface area contributed by atoms with E-state index in [-0.39, 0.29) is 0 Å². The Labute approximate surface area is 190 Å². The lowest BCUT2D eigenvalue weighted by Crippen LogP contribution is -2.42. The van der Waals surface area contributed by atoms with Crippen LogP contribution in [-0.4, -0.2) is 17.5 Å². The molecule has 1 saturated carbocycles. The number of hydrogen-bond acceptors (Lipinski definition) is 1. The smallest absolute Gasteiger partial charge is 0.0499 e. The first-order valence-electron chi connectivity index (χ1n) is 13.4. The van der Waals surface area contributed by atoms with Gasteiger partial charge in [0.1, 0.15) is 0 Å². The molecule has 1 atom stereocenters. The van der Waals surface area contributed by atoms with Crippen LogP contribution in [0.2, 0.25) is 0 Å². The average Bonchev–Trinajstić information content (AvgIpc) is 2.78. The summed E-state index contributed by atoms with van der Waals surface area (Å²) in [5, 5.41) is 0. The van der Waals surface area contributed by atoms with Crippen LogP contribution in [0.15, 0.2) is 35.1 Å². The van der Waals surface area contributed by atoms with Crippen molar-refractivity contribution in [1.82, 2.24) is 4.90 Å². The average molecular weight is 416 g/mol. The van der Waals surface area contributed by atoms with Gasteiger partial charge in [0.25, 0.3) is 0 Å². The number of allylic oxidation sites excluding steroid dienone is 4. The van der Waals surface area contributed by atoms with Gasteiger partial charge >= 0.3 is 0 Å². The molecule has 1 nitrogen and oxygen atoms in total. The number of piperidine rings is 1. The van der Waals surface area contributed by atoms with Gasteiger partial charge < -0.3 is 4.90 Å². The molecule has 174 valence electrons. The van der Waals surface area contributed by atoms with E-state index in [0.717, 1.165) is 0 Å². The highest BCUT2D eigenvalue weighted by atomic mass is 15.2. The first-order chi connectivity index (χ1) is 14.5. The molecule has 1 aliphatic carbocycles. The molecule has 1 heteroatoms. The summed E-state index contributed by atoms with van der Waals surface area (Å²) in [5.41, 5.74) is 5.56. The maximum absolute atomic E-state index is 2.77. The molecule has 3 rings (SSSR count). The summed E-state index contributed by atoms with van der Waals surface area (Å²) in [6.45, 7) is 16.3. The Bertz CT molecular complexity index is 535. The summed E-state index contributed by atoms with van der Waals surface area (Å²) in [6.07, 6.45) is 25.2. The number of unbranched alkanes of at least 4 members (excludes halogenated alkanes) is 1. The number of nitrogens with zero attached hydrogens (tertiary/aromatic N) is 1. The van der Waals surface area contributed by atoms with Gasteiger partial charge in [0, 0.05) is 18.3 Å². The lowest BCUT2D eigenvalue weighted by molar-refractivity contribution is 0.213. The fourth-order valence-corrected chi connectivity index (χ4v) is 5.01. The van der Waals surface area contributed by atoms with E-state index in [0.29, 0.717) is 11.5 Å². The molecule has 0 aromatic heterocycles. The Morgan fingerprint density at radius 3 is 2.27 bits per heavy atom. The van der Waals surface area contributed by atoms with Crippen molar-refractivity contribution in [2.45, 2.75) is 138 Å². The van der Waals surface area contributed by atoms with Gasteiger partial charge in [0.2, 0.25) is 0 Å². The third kappa shape index (κ3) is 9.44. The maximum Gasteiger partial charge on any atom is 0.0499 e. The van der Waals surface area contributed by atoms with Crippen molar-refractivity contribution < 1.29 is 0 Å². The third-order valence-corrected chi connectivity index (χ3v) is 6.51. The summed E-state index contributed by atoms with van der Waals surface area (Å²) in [5.74, 6) is 0. The summed E-state index contributed by atoms with van der Waals surface area (Å²) in [7, 11) is 0. The molecular formula is C29H53N. The van der Waals surface area contributed by atoms with Crippen molar-refractivity contribution in [2.75, 3.05) is 6.54 Å². The van der Waals surface area contributed by atoms with Crippen molar-refractivity contribution in [3.05, 3.63) is 35.1 Å². The molecule has 30 heavy (non-hydrogen) atoms. The van der Waals surface area contributed by atoms with Crippen LogP contribution in [0.25, 0.3) is 0 Å². The highest BCUT2D eigenvalue weighted by molar-refractivity contribution is 5.25. The van der Waals surface area contributed by atoms with Crippen LogP contribution in [0.4, 0.5) is 0 Å². The molecule has 1 saturated heterocycles. The Morgan fingerprint density at radius 1 is 0.900 bits per heavy atom. The van der Waals surface area contributed by atoms with Crippen molar-refractivity contribution in [3.63, 3.8) is 0 Å². The zero-order valence-corrected chi connectivity index (χ0v) is 21.7. The second-order valence-corrected chi connectivity index (χ2v) is 9.98. The second-order valence-electron chi connectivity index (χ2n) is 9.98. The Hall–Kier alpha value is -0.980. The van der Waals surface area contributed by atoms with Crippen molar-refractivity contribution in [3.8, 4) is 0 Å². The van der Waals surface area contributed by atoms with Gasteiger partial charge in [-0.05, 0) is 82.1 Å². The molecule has 2 fully saturated rings. The van der Waals surface area contributed by atoms with Gasteiger partial charge in [-0.15, -0.1) is 0 Å². The first kappa shape index (κ1) is 27.1. The van der Waals surface area contributed by atoms with E-state index in [4.69, 9.17) is 0 Å². The first-order valence-corrected chi connectivity index (χ1v) is 13.4. The standard InChI is InChI=1S/C25H41N.2C2H6/c1-25(2,3)19-8-7-13-22-14-10-20-26-23(15-9-16-24(22)26)18-17-21-11-5-4-6-12-21;2*1-2/h14,17-18,24H,4-13,15-16,19-20H2,1-3H3;2*1-2H3/b23-18+;;. The SMILES string of the molecule is CC.CC.CC(C)(C)CCCCC1=CCCN2/C(=C/C=C3CCCCC3)CCCC12. The van der Waals surface area contributed by atoms with Gasteiger partial charge in [0.15, 0.2) is 0 Å². The third-order valence-electron chi connectivity index (χ3n) is 6.51. The number of hydrogen-bond donors (Lipinski definition) is 0. The Morgan fingerprint density at radius 2 is 1.60 bits per heavy atom. The van der Waals surface area contributed by atoms with E-state index in [1.807, 2.05) is 27.7 Å². The Kier molecular flexibility index (Phi) is 13.5. The van der Waals surface area contributed by atoms with Crippen LogP contribution in [0.1, 0.15) is 132 Å². The number of rotatable bonds is 5. The van der Waals surface area contributed by atoms with Gasteiger partial charge in [0.05, 0.1) is 0 Å². The van der Waals surface area contributed by atoms with E-state index in [1.54, 1.807) is 16.8 Å². The highest BCUT2D eigenvalue weighted by Crippen LogP contribution is 2.36. The molecule has 0 aromatic rings. The molecule has 1 unspecified atom stereocenters. The van der Waals surface area contributed by atoms with E-state index < -0.39 is 0 Å². The van der Waals surface area contributed by atoms with Crippen LogP contribution in [0.3, 0.4) is 0 Å². The predicted octanol–water partition coefficient (Wildman–Crippen LogP) is 9.60. The molecule has 0 N–H and O–H groups in total. The van der Waals surface area contributed by atoms with E-state index >= 15 is 0 Å². The van der Waals surface area contributed by atoms with Crippen molar-refractivity contribution in [2.24, 2.45) is 5.41 Å². The van der Waals surface area contributed by atoms with E-state index in [9.17, 15) is 0 Å². The topological polar surface area (TPSA) is 3.24 Å². The largest absolute Gasteiger partial charge is 0.368 e. The zero-order valence-electron chi connectivity index (χ0n) is 21.7. The lowest BCUT2D eigenvalue weighted by atomic mass is 9.85. The van der Waals surface area contributed by atoms with Crippen molar-refractivity contribution >= 4 is 0 Å². The van der Waals surface area contributed by atoms with Crippen molar-refractivity contribution in [1.29, 1.82) is 0 Å². The van der Waals surface area contributed by atoms with Crippen LogP contribution >= 0.6 is 0 Å². The normalized spacial score (nSPS) is 22.8. The molecule has 2 aliphatic heterocycles. The molecule has 3 aliphatic rings. The van der Waals surface area contributed by atoms with Crippen LogP contribution < -0.4 is 0 Å².